The molecule has 0 amide bonds. The number of allylic oxidation sites excluding steroid dienone is 1. The van der Waals surface area contributed by atoms with Crippen LogP contribution in [0.4, 0.5) is 0 Å². The van der Waals surface area contributed by atoms with E-state index in [1.807, 2.05) is 0 Å². The zero-order valence-corrected chi connectivity index (χ0v) is 15.7. The molecule has 6 nitrogen and oxygen atoms in total. The summed E-state index contributed by atoms with van der Waals surface area (Å²) in [5, 5.41) is 31.6. The third-order valence-corrected chi connectivity index (χ3v) is 8.45. The molecule has 0 aromatic rings. The van der Waals surface area contributed by atoms with Crippen molar-refractivity contribution in [3.8, 4) is 0 Å². The highest BCUT2D eigenvalue weighted by atomic mass is 16.3. The zero-order valence-electron chi connectivity index (χ0n) is 15.7. The number of rotatable bonds is 3. The fourth-order valence-corrected chi connectivity index (χ4v) is 7.16. The van der Waals surface area contributed by atoms with Gasteiger partial charge >= 0.3 is 0 Å². The van der Waals surface area contributed by atoms with Crippen molar-refractivity contribution in [3.63, 3.8) is 0 Å². The minimum absolute atomic E-state index is 0.00909. The smallest absolute Gasteiger partial charge is 0.190 e. The van der Waals surface area contributed by atoms with Crippen LogP contribution in [0.2, 0.25) is 0 Å². The van der Waals surface area contributed by atoms with Gasteiger partial charge in [0, 0.05) is 6.42 Å². The van der Waals surface area contributed by atoms with E-state index in [9.17, 15) is 29.7 Å². The summed E-state index contributed by atoms with van der Waals surface area (Å²) in [5.74, 6) is -0.865. The van der Waals surface area contributed by atoms with Crippen LogP contribution < -0.4 is 0 Å². The number of carbonyl (C=O) groups excluding carboxylic acids is 3. The van der Waals surface area contributed by atoms with Crippen molar-refractivity contribution in [1.29, 1.82) is 0 Å². The summed E-state index contributed by atoms with van der Waals surface area (Å²) in [5.41, 5.74) is -2.43. The number of hydrogen-bond acceptors (Lipinski definition) is 6. The van der Waals surface area contributed by atoms with Gasteiger partial charge in [0.2, 0.25) is 0 Å². The predicted molar refractivity (Wildman–Crippen MR) is 95.5 cm³/mol. The number of aliphatic hydroxyl groups excluding tert-OH is 2. The second kappa shape index (κ2) is 6.06. The molecule has 6 heteroatoms. The maximum absolute atomic E-state index is 12.4. The molecule has 0 bridgehead atoms. The molecule has 3 saturated carbocycles. The Balaban J connectivity index is 1.77. The van der Waals surface area contributed by atoms with Gasteiger partial charge in [-0.25, -0.2) is 0 Å². The van der Waals surface area contributed by atoms with Crippen molar-refractivity contribution < 1.29 is 29.7 Å². The van der Waals surface area contributed by atoms with Crippen molar-refractivity contribution in [2.45, 2.75) is 63.6 Å². The Hall–Kier alpha value is -1.37. The zero-order chi connectivity index (χ0) is 19.6. The molecule has 0 spiro atoms. The fraction of sp³-hybridized carbons (Fsp3) is 0.762. The molecular formula is C21H28O6. The number of fused-ring (bicyclic) bond motifs is 5. The molecule has 0 aromatic carbocycles. The SMILES string of the molecule is C[C@]12CCC(=O)C=C1CCC1[C@@H]2[C@@H](O)C[C@@]2(C=O)[C@H]1CC[C@@]2(O)C(=O)CO. The van der Waals surface area contributed by atoms with E-state index in [0.717, 1.165) is 18.4 Å². The summed E-state index contributed by atoms with van der Waals surface area (Å²) in [6.45, 7) is 1.30. The van der Waals surface area contributed by atoms with Gasteiger partial charge in [0.1, 0.15) is 18.5 Å². The summed E-state index contributed by atoms with van der Waals surface area (Å²) in [7, 11) is 0. The molecule has 1 unspecified atom stereocenters. The minimum atomic E-state index is -1.90. The average molecular weight is 376 g/mol. The summed E-state index contributed by atoms with van der Waals surface area (Å²) < 4.78 is 0. The number of aldehydes is 1. The molecule has 3 N–H and O–H groups in total. The summed E-state index contributed by atoms with van der Waals surface area (Å²) in [6.07, 6.45) is 4.92. The minimum Gasteiger partial charge on any atom is -0.393 e. The molecule has 3 fully saturated rings. The summed E-state index contributed by atoms with van der Waals surface area (Å²) in [4.78, 5) is 36.5. The number of carbonyl (C=O) groups is 3. The van der Waals surface area contributed by atoms with Crippen LogP contribution in [0.3, 0.4) is 0 Å². The molecule has 4 aliphatic carbocycles. The van der Waals surface area contributed by atoms with E-state index in [2.05, 4.69) is 6.92 Å². The van der Waals surface area contributed by atoms with E-state index >= 15 is 0 Å². The van der Waals surface area contributed by atoms with Crippen molar-refractivity contribution in [1.82, 2.24) is 0 Å². The maximum Gasteiger partial charge on any atom is 0.190 e. The lowest BCUT2D eigenvalue weighted by atomic mass is 9.45. The van der Waals surface area contributed by atoms with Crippen LogP contribution in [0.5, 0.6) is 0 Å². The first-order valence-electron chi connectivity index (χ1n) is 9.98. The van der Waals surface area contributed by atoms with Gasteiger partial charge in [0.25, 0.3) is 0 Å². The Morgan fingerprint density at radius 3 is 2.70 bits per heavy atom. The molecule has 27 heavy (non-hydrogen) atoms. The van der Waals surface area contributed by atoms with Crippen LogP contribution in [-0.2, 0) is 14.4 Å². The van der Waals surface area contributed by atoms with Crippen molar-refractivity contribution in [3.05, 3.63) is 11.6 Å². The van der Waals surface area contributed by atoms with Crippen LogP contribution >= 0.6 is 0 Å². The highest BCUT2D eigenvalue weighted by Gasteiger charge is 2.70. The van der Waals surface area contributed by atoms with Gasteiger partial charge in [-0.3, -0.25) is 9.59 Å². The monoisotopic (exact) mass is 376 g/mol. The fourth-order valence-electron chi connectivity index (χ4n) is 7.16. The highest BCUT2D eigenvalue weighted by molar-refractivity contribution is 5.93. The van der Waals surface area contributed by atoms with Gasteiger partial charge < -0.3 is 20.1 Å². The third kappa shape index (κ3) is 2.26. The Labute approximate surface area is 158 Å². The Morgan fingerprint density at radius 2 is 2.04 bits per heavy atom. The van der Waals surface area contributed by atoms with E-state index < -0.39 is 29.5 Å². The molecule has 0 saturated heterocycles. The van der Waals surface area contributed by atoms with Crippen LogP contribution in [-0.4, -0.2) is 51.5 Å². The number of hydrogen-bond donors (Lipinski definition) is 3. The van der Waals surface area contributed by atoms with Crippen LogP contribution in [0, 0.1) is 28.6 Å². The first-order chi connectivity index (χ1) is 12.7. The number of ketones is 2. The number of Topliss-reactive ketones (excluding diaryl/α,β-unsaturated/α-hetero) is 1. The molecule has 0 aliphatic heterocycles. The molecule has 4 rings (SSSR count). The third-order valence-electron chi connectivity index (χ3n) is 8.45. The van der Waals surface area contributed by atoms with Crippen LogP contribution in [0.15, 0.2) is 11.6 Å². The summed E-state index contributed by atoms with van der Waals surface area (Å²) >= 11 is 0. The maximum atomic E-state index is 12.4. The lowest BCUT2D eigenvalue weighted by Gasteiger charge is -2.59. The summed E-state index contributed by atoms with van der Waals surface area (Å²) in [6, 6.07) is 0. The van der Waals surface area contributed by atoms with E-state index in [-0.39, 0.29) is 41.8 Å². The molecule has 0 radical (unpaired) electrons. The van der Waals surface area contributed by atoms with E-state index in [1.165, 1.54) is 0 Å². The average Bonchev–Trinajstić information content (AvgIpc) is 2.95. The van der Waals surface area contributed by atoms with Crippen molar-refractivity contribution >= 4 is 17.9 Å². The number of aliphatic hydroxyl groups is 3. The Kier molecular flexibility index (Phi) is 4.26. The van der Waals surface area contributed by atoms with E-state index in [1.54, 1.807) is 6.08 Å². The van der Waals surface area contributed by atoms with Gasteiger partial charge in [-0.2, -0.15) is 0 Å². The van der Waals surface area contributed by atoms with Gasteiger partial charge in [0.05, 0.1) is 11.5 Å². The van der Waals surface area contributed by atoms with Gasteiger partial charge in [-0.15, -0.1) is 0 Å². The lowest BCUT2D eigenvalue weighted by molar-refractivity contribution is -0.185. The molecule has 4 aliphatic rings. The Morgan fingerprint density at radius 1 is 1.30 bits per heavy atom. The Bertz CT molecular complexity index is 728. The normalized spacial score (nSPS) is 48.9. The van der Waals surface area contributed by atoms with Crippen LogP contribution in [0.25, 0.3) is 0 Å². The molecular weight excluding hydrogens is 348 g/mol. The van der Waals surface area contributed by atoms with Gasteiger partial charge in [-0.05, 0) is 67.8 Å². The molecule has 0 heterocycles. The highest BCUT2D eigenvalue weighted by Crippen LogP contribution is 2.67. The van der Waals surface area contributed by atoms with Gasteiger partial charge in [0.15, 0.2) is 11.6 Å². The predicted octanol–water partition coefficient (Wildman–Crippen LogP) is 0.961. The molecule has 7 atom stereocenters. The topological polar surface area (TPSA) is 112 Å². The first-order valence-corrected chi connectivity index (χ1v) is 9.98. The quantitative estimate of drug-likeness (QED) is 0.633. The second-order valence-corrected chi connectivity index (χ2v) is 9.30. The second-order valence-electron chi connectivity index (χ2n) is 9.30. The standard InChI is InChI=1S/C21H28O6/c1-19-6-4-13(24)8-12(19)2-3-14-15-5-7-21(27,17(26)10-22)20(15,11-23)9-16(25)18(14)19/h8,11,14-16,18,22,25,27H,2-7,9-10H2,1H3/t14?,15-,16-,18+,19-,20+,21+/m0/s1. The largest absolute Gasteiger partial charge is 0.393 e. The van der Waals surface area contributed by atoms with E-state index in [4.69, 9.17) is 0 Å². The lowest BCUT2D eigenvalue weighted by Crippen LogP contribution is -2.63. The molecule has 148 valence electrons. The first kappa shape index (κ1) is 19.0. The van der Waals surface area contributed by atoms with Crippen molar-refractivity contribution in [2.24, 2.45) is 28.6 Å². The van der Waals surface area contributed by atoms with Crippen molar-refractivity contribution in [2.75, 3.05) is 6.61 Å². The van der Waals surface area contributed by atoms with Crippen LogP contribution in [0.1, 0.15) is 51.9 Å². The van der Waals surface area contributed by atoms with E-state index in [0.29, 0.717) is 25.5 Å². The molecule has 0 aromatic heterocycles. The van der Waals surface area contributed by atoms with Gasteiger partial charge in [-0.1, -0.05) is 12.5 Å².